The first-order valence-electron chi connectivity index (χ1n) is 16.2. The van der Waals surface area contributed by atoms with Crippen LogP contribution < -0.4 is 14.5 Å². The largest absolute Gasteiger partial charge is 0.495 e. The minimum atomic E-state index is -0.168. The minimum absolute atomic E-state index is 0.149. The highest BCUT2D eigenvalue weighted by atomic mass is 32.1. The van der Waals surface area contributed by atoms with Gasteiger partial charge >= 0.3 is 4.87 Å². The van der Waals surface area contributed by atoms with Crippen LogP contribution in [0.15, 0.2) is 71.5 Å². The number of ether oxygens (including phenoxy) is 1. The van der Waals surface area contributed by atoms with Crippen molar-refractivity contribution in [2.75, 3.05) is 64.4 Å². The van der Waals surface area contributed by atoms with E-state index in [0.29, 0.717) is 5.92 Å². The van der Waals surface area contributed by atoms with Gasteiger partial charge in [0.05, 0.1) is 23.0 Å². The van der Waals surface area contributed by atoms with E-state index >= 15 is 0 Å². The van der Waals surface area contributed by atoms with Gasteiger partial charge in [0.1, 0.15) is 11.6 Å². The average Bonchev–Trinajstić information content (AvgIpc) is 3.38. The van der Waals surface area contributed by atoms with E-state index in [4.69, 9.17) is 4.74 Å². The van der Waals surface area contributed by atoms with Crippen LogP contribution in [0.2, 0.25) is 0 Å². The summed E-state index contributed by atoms with van der Waals surface area (Å²) in [6.07, 6.45) is 6.72. The van der Waals surface area contributed by atoms with Gasteiger partial charge in [0, 0.05) is 39.3 Å². The van der Waals surface area contributed by atoms with E-state index in [0.717, 1.165) is 107 Å². The molecular formula is C36H45FN4O2S. The molecular weight excluding hydrogens is 571 g/mol. The summed E-state index contributed by atoms with van der Waals surface area (Å²) in [7, 11) is 1.74. The smallest absolute Gasteiger partial charge is 0.308 e. The molecule has 3 heterocycles. The number of hydrogen-bond donors (Lipinski definition) is 0. The summed E-state index contributed by atoms with van der Waals surface area (Å²) >= 11 is 1.39. The number of fused-ring (bicyclic) bond motifs is 1. The summed E-state index contributed by atoms with van der Waals surface area (Å²) in [5, 5.41) is 0. The molecule has 8 heteroatoms. The molecule has 6 nitrogen and oxygen atoms in total. The van der Waals surface area contributed by atoms with Gasteiger partial charge in [0.2, 0.25) is 0 Å². The van der Waals surface area contributed by atoms with Gasteiger partial charge in [0.25, 0.3) is 0 Å². The van der Waals surface area contributed by atoms with Gasteiger partial charge in [0.15, 0.2) is 0 Å². The molecule has 1 aromatic heterocycles. The minimum Gasteiger partial charge on any atom is -0.495 e. The van der Waals surface area contributed by atoms with E-state index < -0.39 is 0 Å². The predicted octanol–water partition coefficient (Wildman–Crippen LogP) is 6.31. The third-order valence-corrected chi connectivity index (χ3v) is 10.4. The number of aromatic nitrogens is 1. The number of unbranched alkanes of at least 4 members (excludes halogenated alkanes) is 1. The van der Waals surface area contributed by atoms with Gasteiger partial charge in [-0.1, -0.05) is 41.7 Å². The van der Waals surface area contributed by atoms with E-state index in [-0.39, 0.29) is 10.7 Å². The number of thiazole rings is 1. The zero-order valence-corrected chi connectivity index (χ0v) is 26.7. The van der Waals surface area contributed by atoms with Crippen molar-refractivity contribution < 1.29 is 9.13 Å². The third-order valence-electron chi connectivity index (χ3n) is 9.51. The maximum absolute atomic E-state index is 13.2. The molecule has 3 aromatic carbocycles. The second-order valence-electron chi connectivity index (χ2n) is 12.4. The molecule has 2 aliphatic rings. The van der Waals surface area contributed by atoms with Crippen LogP contribution in [0.25, 0.3) is 10.2 Å². The third kappa shape index (κ3) is 7.71. The number of halogens is 1. The standard InChI is InChI=1S/C36H45FN4O2S/c1-43-34-8-3-2-7-32(34)40-23-20-38(21-24-40)17-5-4-6-28-11-14-33-35(27-28)44-36(42)41(33)25-22-39-18-15-30(16-19-39)26-29-9-12-31(37)13-10-29/h2-3,7-14,27,30H,4-6,15-26H2,1H3. The highest BCUT2D eigenvalue weighted by Crippen LogP contribution is 2.28. The van der Waals surface area contributed by atoms with Gasteiger partial charge in [-0.15, -0.1) is 0 Å². The molecule has 0 aliphatic carbocycles. The van der Waals surface area contributed by atoms with Gasteiger partial charge in [-0.3, -0.25) is 14.3 Å². The van der Waals surface area contributed by atoms with Crippen molar-refractivity contribution >= 4 is 27.2 Å². The van der Waals surface area contributed by atoms with Crippen LogP contribution in [0.4, 0.5) is 10.1 Å². The lowest BCUT2D eigenvalue weighted by Gasteiger charge is -2.36. The Morgan fingerprint density at radius 1 is 0.818 bits per heavy atom. The number of piperazine rings is 1. The average molecular weight is 617 g/mol. The SMILES string of the molecule is COc1ccccc1N1CCN(CCCCc2ccc3c(c2)sc(=O)n3CCN2CCC(Cc3ccc(F)cc3)CC2)CC1. The van der Waals surface area contributed by atoms with Crippen LogP contribution in [0.1, 0.15) is 36.8 Å². The fourth-order valence-corrected chi connectivity index (χ4v) is 7.84. The molecule has 2 saturated heterocycles. The quantitative estimate of drug-likeness (QED) is 0.175. The van der Waals surface area contributed by atoms with E-state index in [2.05, 4.69) is 45.0 Å². The Morgan fingerprint density at radius 2 is 1.55 bits per heavy atom. The lowest BCUT2D eigenvalue weighted by atomic mass is 9.90. The molecule has 2 fully saturated rings. The number of likely N-dealkylation sites (tertiary alicyclic amines) is 1. The first-order valence-corrected chi connectivity index (χ1v) is 17.1. The molecule has 0 bridgehead atoms. The van der Waals surface area contributed by atoms with E-state index in [9.17, 15) is 9.18 Å². The monoisotopic (exact) mass is 616 g/mol. The first kappa shape index (κ1) is 30.8. The highest BCUT2D eigenvalue weighted by molar-refractivity contribution is 7.16. The predicted molar refractivity (Wildman–Crippen MR) is 180 cm³/mol. The summed E-state index contributed by atoms with van der Waals surface area (Å²) in [5.74, 6) is 1.43. The fraction of sp³-hybridized carbons (Fsp3) is 0.472. The van der Waals surface area contributed by atoms with E-state index in [1.807, 2.05) is 28.8 Å². The molecule has 0 radical (unpaired) electrons. The van der Waals surface area contributed by atoms with Gasteiger partial charge in [-0.05, 0) is 112 Å². The maximum Gasteiger partial charge on any atom is 0.308 e. The normalized spacial score (nSPS) is 17.0. The van der Waals surface area contributed by atoms with Crippen LogP contribution in [0, 0.1) is 11.7 Å². The van der Waals surface area contributed by atoms with E-state index in [1.165, 1.54) is 34.6 Å². The first-order chi connectivity index (χ1) is 21.6. The molecule has 0 amide bonds. The zero-order valence-electron chi connectivity index (χ0n) is 25.9. The fourth-order valence-electron chi connectivity index (χ4n) is 6.86. The molecule has 4 aromatic rings. The van der Waals surface area contributed by atoms with Crippen molar-refractivity contribution in [3.63, 3.8) is 0 Å². The molecule has 2 aliphatic heterocycles. The summed E-state index contributed by atoms with van der Waals surface area (Å²) in [6, 6.07) is 21.9. The Labute approximate surface area is 264 Å². The lowest BCUT2D eigenvalue weighted by Crippen LogP contribution is -2.46. The van der Waals surface area contributed by atoms with Crippen molar-refractivity contribution in [1.82, 2.24) is 14.4 Å². The Kier molecular flexibility index (Phi) is 10.3. The van der Waals surface area contributed by atoms with Crippen LogP contribution in [-0.2, 0) is 19.4 Å². The lowest BCUT2D eigenvalue weighted by molar-refractivity contribution is 0.179. The van der Waals surface area contributed by atoms with Crippen molar-refractivity contribution in [2.24, 2.45) is 5.92 Å². The molecule has 44 heavy (non-hydrogen) atoms. The molecule has 0 spiro atoms. The summed E-state index contributed by atoms with van der Waals surface area (Å²) in [4.78, 5) is 20.6. The molecule has 234 valence electrons. The van der Waals surface area contributed by atoms with Crippen LogP contribution >= 0.6 is 11.3 Å². The molecule has 0 atom stereocenters. The van der Waals surface area contributed by atoms with Crippen LogP contribution in [0.5, 0.6) is 5.75 Å². The van der Waals surface area contributed by atoms with Gasteiger partial charge in [-0.2, -0.15) is 0 Å². The highest BCUT2D eigenvalue weighted by Gasteiger charge is 2.21. The number of nitrogens with zero attached hydrogens (tertiary/aromatic N) is 4. The molecule has 0 saturated carbocycles. The Hall–Kier alpha value is -3.20. The van der Waals surface area contributed by atoms with Crippen molar-refractivity contribution in [3.8, 4) is 5.75 Å². The van der Waals surface area contributed by atoms with Crippen molar-refractivity contribution in [2.45, 2.75) is 45.1 Å². The Balaban J connectivity index is 0.921. The summed E-state index contributed by atoms with van der Waals surface area (Å²) in [5.41, 5.74) is 4.82. The zero-order chi connectivity index (χ0) is 30.3. The molecule has 0 N–H and O–H groups in total. The molecule has 6 rings (SSSR count). The summed E-state index contributed by atoms with van der Waals surface area (Å²) in [6.45, 7) is 9.13. The molecule has 0 unspecified atom stereocenters. The number of rotatable bonds is 12. The number of aryl methyl sites for hydroxylation is 1. The summed E-state index contributed by atoms with van der Waals surface area (Å²) < 4.78 is 21.9. The number of para-hydroxylation sites is 2. The Bertz CT molecular complexity index is 1550. The van der Waals surface area contributed by atoms with Gasteiger partial charge in [-0.25, -0.2) is 4.39 Å². The number of piperidine rings is 1. The van der Waals surface area contributed by atoms with E-state index in [1.54, 1.807) is 19.2 Å². The van der Waals surface area contributed by atoms with Crippen LogP contribution in [0.3, 0.4) is 0 Å². The van der Waals surface area contributed by atoms with Crippen molar-refractivity contribution in [3.05, 3.63) is 93.3 Å². The maximum atomic E-state index is 13.2. The number of methoxy groups -OCH3 is 1. The van der Waals surface area contributed by atoms with Crippen LogP contribution in [-0.4, -0.2) is 73.8 Å². The second kappa shape index (κ2) is 14.7. The topological polar surface area (TPSA) is 41.0 Å². The van der Waals surface area contributed by atoms with Crippen molar-refractivity contribution in [1.29, 1.82) is 0 Å². The Morgan fingerprint density at radius 3 is 2.32 bits per heavy atom. The number of benzene rings is 3. The number of hydrogen-bond acceptors (Lipinski definition) is 6. The second-order valence-corrected chi connectivity index (χ2v) is 13.4. The van der Waals surface area contributed by atoms with Gasteiger partial charge < -0.3 is 14.5 Å². The number of anilines is 1.